The summed E-state index contributed by atoms with van der Waals surface area (Å²) in [6, 6.07) is 16.7. The van der Waals surface area contributed by atoms with E-state index in [9.17, 15) is 17.6 Å². The van der Waals surface area contributed by atoms with E-state index in [1.54, 1.807) is 30.3 Å². The number of hydrogen-bond acceptors (Lipinski definition) is 5. The third-order valence-electron chi connectivity index (χ3n) is 4.62. The number of benzene rings is 3. The van der Waals surface area contributed by atoms with Crippen LogP contribution in [0.5, 0.6) is 5.75 Å². The number of carbonyl (C=O) groups is 1. The van der Waals surface area contributed by atoms with Crippen molar-refractivity contribution < 1.29 is 22.3 Å². The van der Waals surface area contributed by atoms with Crippen molar-refractivity contribution in [2.24, 2.45) is 5.10 Å². The van der Waals surface area contributed by atoms with Crippen LogP contribution < -0.4 is 14.5 Å². The molecule has 7 nitrogen and oxygen atoms in total. The molecule has 0 aliphatic rings. The molecule has 0 radical (unpaired) electrons. The number of amides is 1. The molecule has 3 aromatic carbocycles. The van der Waals surface area contributed by atoms with E-state index in [2.05, 4.69) is 10.5 Å². The van der Waals surface area contributed by atoms with Gasteiger partial charge in [0.1, 0.15) is 18.1 Å². The van der Waals surface area contributed by atoms with Gasteiger partial charge in [-0.05, 0) is 43.3 Å². The molecule has 172 valence electrons. The predicted molar refractivity (Wildman–Crippen MR) is 126 cm³/mol. The van der Waals surface area contributed by atoms with E-state index < -0.39 is 28.3 Å². The summed E-state index contributed by atoms with van der Waals surface area (Å²) in [5, 5.41) is 3.83. The number of aryl methyl sites for hydroxylation is 1. The number of hydrogen-bond donors (Lipinski definition) is 1. The van der Waals surface area contributed by atoms with Gasteiger partial charge in [0.25, 0.3) is 15.9 Å². The average molecular weight is 490 g/mol. The lowest BCUT2D eigenvalue weighted by atomic mass is 10.2. The Kier molecular flexibility index (Phi) is 7.67. The topological polar surface area (TPSA) is 88.1 Å². The number of carbonyl (C=O) groups excluding carboxylic acids is 1. The Bertz CT molecular complexity index is 1260. The molecule has 0 aromatic heterocycles. The summed E-state index contributed by atoms with van der Waals surface area (Å²) in [7, 11) is -2.65. The zero-order chi connectivity index (χ0) is 24.0. The van der Waals surface area contributed by atoms with Crippen molar-refractivity contribution in [3.8, 4) is 5.75 Å². The second-order valence-corrected chi connectivity index (χ2v) is 9.22. The summed E-state index contributed by atoms with van der Waals surface area (Å²) in [6.07, 6.45) is 1.06. The van der Waals surface area contributed by atoms with Gasteiger partial charge in [-0.3, -0.25) is 9.10 Å². The summed E-state index contributed by atoms with van der Waals surface area (Å²) in [5.74, 6) is -0.929. The molecule has 1 amide bonds. The van der Waals surface area contributed by atoms with Crippen LogP contribution in [0.4, 0.5) is 10.1 Å². The maximum absolute atomic E-state index is 13.9. The minimum Gasteiger partial charge on any atom is -0.497 e. The molecule has 0 spiro atoms. The highest BCUT2D eigenvalue weighted by Gasteiger charge is 2.27. The molecule has 0 aliphatic heterocycles. The number of rotatable bonds is 8. The van der Waals surface area contributed by atoms with Gasteiger partial charge in [-0.25, -0.2) is 18.2 Å². The molecule has 1 N–H and O–H groups in total. The molecule has 0 saturated heterocycles. The summed E-state index contributed by atoms with van der Waals surface area (Å²) in [5.41, 5.74) is 3.33. The molecule has 0 bridgehead atoms. The van der Waals surface area contributed by atoms with Crippen LogP contribution in [0.25, 0.3) is 0 Å². The fraction of sp³-hybridized carbons (Fsp3) is 0.130. The molecular formula is C23H21ClFN3O4S. The molecule has 10 heteroatoms. The van der Waals surface area contributed by atoms with E-state index in [4.69, 9.17) is 16.3 Å². The van der Waals surface area contributed by atoms with E-state index in [-0.39, 0.29) is 21.2 Å². The lowest BCUT2D eigenvalue weighted by Crippen LogP contribution is -2.39. The fourth-order valence-electron chi connectivity index (χ4n) is 2.89. The van der Waals surface area contributed by atoms with Crippen LogP contribution >= 0.6 is 11.6 Å². The lowest BCUT2D eigenvalue weighted by molar-refractivity contribution is -0.119. The Morgan fingerprint density at radius 1 is 1.15 bits per heavy atom. The molecule has 0 heterocycles. The third-order valence-corrected chi connectivity index (χ3v) is 6.74. The summed E-state index contributed by atoms with van der Waals surface area (Å²) in [6.45, 7) is 1.26. The smallest absolute Gasteiger partial charge is 0.264 e. The number of ether oxygens (including phenoxy) is 1. The Balaban J connectivity index is 1.88. The van der Waals surface area contributed by atoms with Gasteiger partial charge in [0.05, 0.1) is 28.9 Å². The zero-order valence-corrected chi connectivity index (χ0v) is 19.4. The normalized spacial score (nSPS) is 11.4. The van der Waals surface area contributed by atoms with Gasteiger partial charge in [-0.2, -0.15) is 5.10 Å². The minimum absolute atomic E-state index is 0.00334. The molecule has 3 aromatic rings. The second kappa shape index (κ2) is 10.5. The lowest BCUT2D eigenvalue weighted by Gasteiger charge is -2.24. The highest BCUT2D eigenvalue weighted by Crippen LogP contribution is 2.27. The molecule has 3 rings (SSSR count). The van der Waals surface area contributed by atoms with Crippen LogP contribution in [0.15, 0.2) is 76.7 Å². The number of hydrazone groups is 1. The van der Waals surface area contributed by atoms with Crippen LogP contribution in [-0.4, -0.2) is 34.2 Å². The summed E-state index contributed by atoms with van der Waals surface area (Å²) in [4.78, 5) is 12.6. The maximum atomic E-state index is 13.9. The van der Waals surface area contributed by atoms with Crippen molar-refractivity contribution in [3.63, 3.8) is 0 Å². The highest BCUT2D eigenvalue weighted by atomic mass is 35.5. The van der Waals surface area contributed by atoms with E-state index in [1.807, 2.05) is 6.92 Å². The molecule has 0 unspecified atom stereocenters. The molecule has 0 saturated carbocycles. The van der Waals surface area contributed by atoms with E-state index in [0.29, 0.717) is 5.75 Å². The monoisotopic (exact) mass is 489 g/mol. The second-order valence-electron chi connectivity index (χ2n) is 6.95. The first-order valence-corrected chi connectivity index (χ1v) is 11.5. The Morgan fingerprint density at radius 2 is 1.85 bits per heavy atom. The quantitative estimate of drug-likeness (QED) is 0.380. The van der Waals surface area contributed by atoms with Crippen LogP contribution in [-0.2, 0) is 14.8 Å². The number of methoxy groups -OCH3 is 1. The number of nitrogens with one attached hydrogen (secondary N) is 1. The largest absolute Gasteiger partial charge is 0.497 e. The SMILES string of the molecule is COc1cccc(N(CC(=O)N/N=C/c2c(F)cccc2Cl)S(=O)(=O)c2ccc(C)cc2)c1. The number of sulfonamides is 1. The van der Waals surface area contributed by atoms with Gasteiger partial charge in [-0.1, -0.05) is 41.4 Å². The van der Waals surface area contributed by atoms with Gasteiger partial charge in [0.2, 0.25) is 0 Å². The Morgan fingerprint density at radius 3 is 2.52 bits per heavy atom. The molecule has 0 fully saturated rings. The van der Waals surface area contributed by atoms with Crippen molar-refractivity contribution in [1.82, 2.24) is 5.43 Å². The van der Waals surface area contributed by atoms with Crippen molar-refractivity contribution in [2.45, 2.75) is 11.8 Å². The summed E-state index contributed by atoms with van der Waals surface area (Å²) >= 11 is 5.93. The van der Waals surface area contributed by atoms with Crippen LogP contribution in [0.3, 0.4) is 0 Å². The Hall–Kier alpha value is -3.43. The maximum Gasteiger partial charge on any atom is 0.264 e. The standard InChI is InChI=1S/C23H21ClFN3O4S/c1-16-9-11-19(12-10-16)33(30,31)28(17-5-3-6-18(13-17)32-2)15-23(29)27-26-14-20-21(24)7-4-8-22(20)25/h3-14H,15H2,1-2H3,(H,27,29)/b26-14+. The first-order valence-electron chi connectivity index (χ1n) is 9.72. The first kappa shape index (κ1) is 24.2. The summed E-state index contributed by atoms with van der Waals surface area (Å²) < 4.78 is 46.7. The molecule has 0 aliphatic carbocycles. The third kappa shape index (κ3) is 5.88. The van der Waals surface area contributed by atoms with E-state index >= 15 is 0 Å². The number of anilines is 1. The van der Waals surface area contributed by atoms with Crippen molar-refractivity contribution in [2.75, 3.05) is 18.0 Å². The highest BCUT2D eigenvalue weighted by molar-refractivity contribution is 7.92. The molecular weight excluding hydrogens is 469 g/mol. The first-order chi connectivity index (χ1) is 15.7. The predicted octanol–water partition coefficient (Wildman–Crippen LogP) is 4.14. The fourth-order valence-corrected chi connectivity index (χ4v) is 4.51. The van der Waals surface area contributed by atoms with Crippen molar-refractivity contribution in [1.29, 1.82) is 0 Å². The minimum atomic E-state index is -4.10. The van der Waals surface area contributed by atoms with Gasteiger partial charge in [0, 0.05) is 11.6 Å². The van der Waals surface area contributed by atoms with Gasteiger partial charge in [0.15, 0.2) is 0 Å². The van der Waals surface area contributed by atoms with E-state index in [0.717, 1.165) is 16.1 Å². The van der Waals surface area contributed by atoms with Gasteiger partial charge < -0.3 is 4.74 Å². The van der Waals surface area contributed by atoms with Crippen molar-refractivity contribution >= 4 is 39.4 Å². The average Bonchev–Trinajstić information content (AvgIpc) is 2.79. The van der Waals surface area contributed by atoms with Gasteiger partial charge in [-0.15, -0.1) is 0 Å². The van der Waals surface area contributed by atoms with Crippen molar-refractivity contribution in [3.05, 3.63) is 88.7 Å². The number of nitrogens with zero attached hydrogens (tertiary/aromatic N) is 2. The number of halogens is 2. The molecule has 33 heavy (non-hydrogen) atoms. The Labute approximate surface area is 196 Å². The van der Waals surface area contributed by atoms with E-state index in [1.165, 1.54) is 43.5 Å². The van der Waals surface area contributed by atoms with Gasteiger partial charge >= 0.3 is 0 Å². The zero-order valence-electron chi connectivity index (χ0n) is 17.8. The molecule has 0 atom stereocenters. The van der Waals surface area contributed by atoms with Crippen LogP contribution in [0.1, 0.15) is 11.1 Å². The van der Waals surface area contributed by atoms with Crippen LogP contribution in [0.2, 0.25) is 5.02 Å². The van der Waals surface area contributed by atoms with Crippen LogP contribution in [0, 0.1) is 12.7 Å².